The van der Waals surface area contributed by atoms with E-state index in [1.165, 1.54) is 6.42 Å². The van der Waals surface area contributed by atoms with Crippen molar-refractivity contribution in [3.63, 3.8) is 0 Å². The number of hydrogen-bond donors (Lipinski definition) is 2. The van der Waals surface area contributed by atoms with Crippen molar-refractivity contribution in [1.82, 2.24) is 14.4 Å². The molecular formula is C19H24BrN5. The van der Waals surface area contributed by atoms with Crippen molar-refractivity contribution in [3.05, 3.63) is 53.2 Å². The lowest BCUT2D eigenvalue weighted by molar-refractivity contribution is 0.622. The Hall–Kier alpha value is -2.08. The van der Waals surface area contributed by atoms with Crippen LogP contribution in [0.2, 0.25) is 0 Å². The largest absolute Gasteiger partial charge is 0.381 e. The number of fused-ring (bicyclic) bond motifs is 1. The van der Waals surface area contributed by atoms with Gasteiger partial charge in [0.25, 0.3) is 0 Å². The summed E-state index contributed by atoms with van der Waals surface area (Å²) in [5.41, 5.74) is 4.15. The van der Waals surface area contributed by atoms with Crippen LogP contribution in [0.3, 0.4) is 0 Å². The van der Waals surface area contributed by atoms with Gasteiger partial charge in [-0.15, -0.1) is 0 Å². The average Bonchev–Trinajstić information content (AvgIpc) is 3.01. The normalized spacial score (nSPS) is 12.3. The number of rotatable bonds is 8. The van der Waals surface area contributed by atoms with Crippen molar-refractivity contribution in [1.29, 1.82) is 0 Å². The molecule has 0 aromatic carbocycles. The first-order valence-electron chi connectivity index (χ1n) is 8.77. The number of hydrogen-bond acceptors (Lipinski definition) is 4. The highest BCUT2D eigenvalue weighted by Crippen LogP contribution is 2.26. The fourth-order valence-electron chi connectivity index (χ4n) is 2.93. The Morgan fingerprint density at radius 2 is 2.16 bits per heavy atom. The van der Waals surface area contributed by atoms with E-state index in [1.807, 2.05) is 18.5 Å². The monoisotopic (exact) mass is 401 g/mol. The molecule has 3 rings (SSSR count). The summed E-state index contributed by atoms with van der Waals surface area (Å²) in [6.45, 7) is 5.16. The quantitative estimate of drug-likeness (QED) is 0.551. The van der Waals surface area contributed by atoms with Crippen LogP contribution in [0.5, 0.6) is 0 Å². The molecule has 6 heteroatoms. The van der Waals surface area contributed by atoms with E-state index in [1.54, 1.807) is 6.20 Å². The minimum Gasteiger partial charge on any atom is -0.381 e. The van der Waals surface area contributed by atoms with Gasteiger partial charge in [-0.05, 0) is 46.5 Å². The molecule has 0 aliphatic heterocycles. The molecular weight excluding hydrogens is 378 g/mol. The van der Waals surface area contributed by atoms with Crippen LogP contribution in [0, 0.1) is 0 Å². The molecule has 0 spiro atoms. The van der Waals surface area contributed by atoms with Gasteiger partial charge in [0.15, 0.2) is 5.65 Å². The summed E-state index contributed by atoms with van der Waals surface area (Å²) in [7, 11) is 0. The van der Waals surface area contributed by atoms with E-state index in [0.29, 0.717) is 12.6 Å². The summed E-state index contributed by atoms with van der Waals surface area (Å²) in [6.07, 6.45) is 11.0. The minimum absolute atomic E-state index is 0.482. The molecule has 0 aliphatic rings. The van der Waals surface area contributed by atoms with E-state index in [-0.39, 0.29) is 0 Å². The topological polar surface area (TPSA) is 54.2 Å². The zero-order valence-electron chi connectivity index (χ0n) is 14.7. The first-order valence-corrected chi connectivity index (χ1v) is 9.56. The molecule has 1 unspecified atom stereocenters. The van der Waals surface area contributed by atoms with E-state index in [4.69, 9.17) is 0 Å². The van der Waals surface area contributed by atoms with Gasteiger partial charge in [-0.25, -0.2) is 4.98 Å². The third-order valence-electron chi connectivity index (χ3n) is 4.27. The van der Waals surface area contributed by atoms with Crippen LogP contribution >= 0.6 is 15.9 Å². The van der Waals surface area contributed by atoms with Gasteiger partial charge in [-0.1, -0.05) is 26.3 Å². The maximum atomic E-state index is 4.52. The molecule has 1 atom stereocenters. The van der Waals surface area contributed by atoms with Gasteiger partial charge >= 0.3 is 0 Å². The molecule has 3 aromatic heterocycles. The Morgan fingerprint density at radius 3 is 2.88 bits per heavy atom. The second-order valence-corrected chi connectivity index (χ2v) is 6.98. The lowest BCUT2D eigenvalue weighted by atomic mass is 10.1. The summed E-state index contributed by atoms with van der Waals surface area (Å²) in [5.74, 6) is 0. The molecule has 132 valence electrons. The lowest BCUT2D eigenvalue weighted by Crippen LogP contribution is -2.18. The third-order valence-corrected chi connectivity index (χ3v) is 4.85. The molecule has 25 heavy (non-hydrogen) atoms. The number of anilines is 2. The molecule has 0 bridgehead atoms. The van der Waals surface area contributed by atoms with Crippen LogP contribution in [0.25, 0.3) is 5.65 Å². The van der Waals surface area contributed by atoms with Gasteiger partial charge in [-0.2, -0.15) is 0 Å². The van der Waals surface area contributed by atoms with Gasteiger partial charge in [0.1, 0.15) is 4.60 Å². The summed E-state index contributed by atoms with van der Waals surface area (Å²) in [5, 5.41) is 7.15. The van der Waals surface area contributed by atoms with Gasteiger partial charge in [0, 0.05) is 31.2 Å². The standard InChI is InChI=1S/C19H24BrN5/c1-3-6-15(4-2)24-16-9-17(19-23-12-18(20)25(19)13-16)22-11-14-7-5-8-21-10-14/h5,7-10,12-13,15,22,24H,3-4,6,11H2,1-2H3. The molecule has 3 aromatic rings. The van der Waals surface area contributed by atoms with Gasteiger partial charge in [0.2, 0.25) is 0 Å². The molecule has 0 aliphatic carbocycles. The number of halogens is 1. The Balaban J connectivity index is 1.87. The molecule has 3 heterocycles. The molecule has 2 N–H and O–H groups in total. The maximum absolute atomic E-state index is 4.52. The Labute approximate surface area is 157 Å². The Morgan fingerprint density at radius 1 is 1.28 bits per heavy atom. The first-order chi connectivity index (χ1) is 12.2. The lowest BCUT2D eigenvalue weighted by Gasteiger charge is -2.19. The highest BCUT2D eigenvalue weighted by atomic mass is 79.9. The van der Waals surface area contributed by atoms with Crippen LogP contribution in [0.1, 0.15) is 38.7 Å². The highest BCUT2D eigenvalue weighted by molar-refractivity contribution is 9.10. The fraction of sp³-hybridized carbons (Fsp3) is 0.368. The van der Waals surface area contributed by atoms with Crippen molar-refractivity contribution in [3.8, 4) is 0 Å². The second kappa shape index (κ2) is 8.34. The Kier molecular flexibility index (Phi) is 5.91. The minimum atomic E-state index is 0.482. The Bertz CT molecular complexity index is 815. The SMILES string of the molecule is CCCC(CC)Nc1cc(NCc2cccnc2)c2ncc(Br)n2c1. The van der Waals surface area contributed by atoms with Crippen LogP contribution in [0.4, 0.5) is 11.4 Å². The first kappa shape index (κ1) is 17.7. The van der Waals surface area contributed by atoms with Crippen LogP contribution in [0.15, 0.2) is 47.6 Å². The predicted octanol–water partition coefficient (Wildman–Crippen LogP) is 5.09. The number of aromatic nitrogens is 3. The molecule has 0 saturated heterocycles. The number of imidazole rings is 1. The van der Waals surface area contributed by atoms with E-state index in [2.05, 4.69) is 73.1 Å². The van der Waals surface area contributed by atoms with Gasteiger partial charge in [0.05, 0.1) is 17.6 Å². The van der Waals surface area contributed by atoms with Crippen molar-refractivity contribution in [2.75, 3.05) is 10.6 Å². The van der Waals surface area contributed by atoms with Gasteiger partial charge in [-0.3, -0.25) is 9.38 Å². The molecule has 0 amide bonds. The zero-order chi connectivity index (χ0) is 17.6. The highest BCUT2D eigenvalue weighted by Gasteiger charge is 2.11. The summed E-state index contributed by atoms with van der Waals surface area (Å²) in [4.78, 5) is 8.69. The smallest absolute Gasteiger partial charge is 0.161 e. The number of nitrogens with zero attached hydrogens (tertiary/aromatic N) is 3. The predicted molar refractivity (Wildman–Crippen MR) is 107 cm³/mol. The molecule has 0 radical (unpaired) electrons. The van der Waals surface area contributed by atoms with E-state index in [0.717, 1.165) is 40.0 Å². The maximum Gasteiger partial charge on any atom is 0.161 e. The van der Waals surface area contributed by atoms with E-state index < -0.39 is 0 Å². The van der Waals surface area contributed by atoms with E-state index in [9.17, 15) is 0 Å². The second-order valence-electron chi connectivity index (χ2n) is 6.17. The fourth-order valence-corrected chi connectivity index (χ4v) is 3.30. The summed E-state index contributed by atoms with van der Waals surface area (Å²) in [6, 6.07) is 6.64. The van der Waals surface area contributed by atoms with Crippen molar-refractivity contribution in [2.45, 2.75) is 45.7 Å². The third kappa shape index (κ3) is 4.31. The van der Waals surface area contributed by atoms with Crippen molar-refractivity contribution in [2.24, 2.45) is 0 Å². The molecule has 5 nitrogen and oxygen atoms in total. The van der Waals surface area contributed by atoms with Crippen LogP contribution in [-0.2, 0) is 6.54 Å². The van der Waals surface area contributed by atoms with E-state index >= 15 is 0 Å². The van der Waals surface area contributed by atoms with Crippen molar-refractivity contribution < 1.29 is 0 Å². The number of pyridine rings is 2. The van der Waals surface area contributed by atoms with Crippen LogP contribution < -0.4 is 10.6 Å². The summed E-state index contributed by atoms with van der Waals surface area (Å²) >= 11 is 3.58. The molecule has 0 saturated carbocycles. The molecule has 0 fully saturated rings. The number of nitrogens with one attached hydrogen (secondary N) is 2. The summed E-state index contributed by atoms with van der Waals surface area (Å²) < 4.78 is 3.01. The average molecular weight is 402 g/mol. The van der Waals surface area contributed by atoms with Crippen LogP contribution in [-0.4, -0.2) is 20.4 Å². The van der Waals surface area contributed by atoms with Gasteiger partial charge < -0.3 is 10.6 Å². The zero-order valence-corrected chi connectivity index (χ0v) is 16.3. The van der Waals surface area contributed by atoms with Crippen molar-refractivity contribution >= 4 is 33.0 Å².